The summed E-state index contributed by atoms with van der Waals surface area (Å²) in [5, 5.41) is 21.2. The van der Waals surface area contributed by atoms with Gasteiger partial charge in [-0.15, -0.1) is 0 Å². The zero-order chi connectivity index (χ0) is 15.3. The molecule has 1 unspecified atom stereocenters. The van der Waals surface area contributed by atoms with Crippen LogP contribution < -0.4 is 34.9 Å². The van der Waals surface area contributed by atoms with E-state index in [1.807, 2.05) is 18.2 Å². The number of carbonyl (C=O) groups is 1. The molecular formula is C14H8N4NaO4+. The number of nitrogens with zero attached hydrogens (tertiary/aromatic N) is 3. The second kappa shape index (κ2) is 5.73. The Morgan fingerprint density at radius 1 is 1.09 bits per heavy atom. The van der Waals surface area contributed by atoms with Gasteiger partial charge in [0.05, 0.1) is 10.8 Å². The molecular weight excluding hydrogens is 311 g/mol. The molecule has 2 heterocycles. The minimum Gasteiger partial charge on any atom is -0.325 e. The smallest absolute Gasteiger partial charge is 0.325 e. The number of aromatic nitrogens is 2. The maximum atomic E-state index is 12.3. The van der Waals surface area contributed by atoms with Crippen molar-refractivity contribution < 1.29 is 43.9 Å². The number of para-hydroxylation sites is 1. The number of nitrogens with one attached hydrogen (secondary N) is 1. The first-order valence-electron chi connectivity index (χ1n) is 6.46. The van der Waals surface area contributed by atoms with E-state index in [0.717, 1.165) is 11.3 Å². The molecule has 0 bridgehead atoms. The summed E-state index contributed by atoms with van der Waals surface area (Å²) >= 11 is 0. The summed E-state index contributed by atoms with van der Waals surface area (Å²) in [5.74, 6) is -0.800. The number of amides is 1. The van der Waals surface area contributed by atoms with Crippen LogP contribution in [-0.2, 0) is 4.79 Å². The van der Waals surface area contributed by atoms with Gasteiger partial charge in [0.15, 0.2) is 0 Å². The van der Waals surface area contributed by atoms with Gasteiger partial charge in [-0.2, -0.15) is 0 Å². The minimum absolute atomic E-state index is 0. The number of anilines is 1. The van der Waals surface area contributed by atoms with Crippen LogP contribution in [0.4, 0.5) is 11.4 Å². The third-order valence-corrected chi connectivity index (χ3v) is 3.72. The Hall–Kier alpha value is -2.29. The molecule has 4 rings (SSSR count). The van der Waals surface area contributed by atoms with Crippen LogP contribution >= 0.6 is 0 Å². The number of hydrogen-bond donors (Lipinski definition) is 1. The van der Waals surface area contributed by atoms with Gasteiger partial charge in [0.2, 0.25) is 11.4 Å². The van der Waals surface area contributed by atoms with Crippen LogP contribution in [0.25, 0.3) is 11.0 Å². The van der Waals surface area contributed by atoms with E-state index >= 15 is 0 Å². The molecule has 0 aliphatic carbocycles. The second-order valence-corrected chi connectivity index (χ2v) is 4.90. The molecule has 0 saturated heterocycles. The molecule has 2 aromatic carbocycles. The third kappa shape index (κ3) is 2.31. The van der Waals surface area contributed by atoms with Crippen molar-refractivity contribution in [1.82, 2.24) is 10.3 Å². The van der Waals surface area contributed by atoms with E-state index in [9.17, 15) is 14.9 Å². The van der Waals surface area contributed by atoms with Crippen molar-refractivity contribution in [3.63, 3.8) is 0 Å². The Kier molecular flexibility index (Phi) is 3.88. The van der Waals surface area contributed by atoms with Gasteiger partial charge in [-0.3, -0.25) is 14.9 Å². The quantitative estimate of drug-likeness (QED) is 0.377. The molecule has 1 atom stereocenters. The molecule has 1 aromatic heterocycles. The van der Waals surface area contributed by atoms with E-state index in [2.05, 4.69) is 20.3 Å². The van der Waals surface area contributed by atoms with Crippen molar-refractivity contribution in [2.75, 3.05) is 5.32 Å². The monoisotopic (exact) mass is 319 g/mol. The number of rotatable bonds is 2. The van der Waals surface area contributed by atoms with E-state index in [-0.39, 0.29) is 52.2 Å². The molecule has 23 heavy (non-hydrogen) atoms. The van der Waals surface area contributed by atoms with Crippen molar-refractivity contribution in [1.29, 1.82) is 0 Å². The summed E-state index contributed by atoms with van der Waals surface area (Å²) in [6.45, 7) is 0. The van der Waals surface area contributed by atoms with Gasteiger partial charge in [-0.1, -0.05) is 18.2 Å². The Morgan fingerprint density at radius 2 is 1.83 bits per heavy atom. The maximum Gasteiger partial charge on any atom is 1.00 e. The molecule has 1 aliphatic heterocycles. The molecule has 108 valence electrons. The minimum atomic E-state index is -0.591. The van der Waals surface area contributed by atoms with E-state index < -0.39 is 10.8 Å². The summed E-state index contributed by atoms with van der Waals surface area (Å²) < 4.78 is 4.64. The van der Waals surface area contributed by atoms with Crippen LogP contribution in [0.3, 0.4) is 0 Å². The van der Waals surface area contributed by atoms with Crippen molar-refractivity contribution in [2.24, 2.45) is 0 Å². The Bertz CT molecular complexity index is 939. The van der Waals surface area contributed by atoms with Gasteiger partial charge in [-0.25, -0.2) is 4.63 Å². The number of non-ortho nitro benzene ring substituents is 1. The van der Waals surface area contributed by atoms with Gasteiger partial charge in [0, 0.05) is 17.3 Å². The summed E-state index contributed by atoms with van der Waals surface area (Å²) in [6.07, 6.45) is 0. The summed E-state index contributed by atoms with van der Waals surface area (Å²) in [4.78, 5) is 22.8. The van der Waals surface area contributed by atoms with Crippen molar-refractivity contribution in [2.45, 2.75) is 5.92 Å². The zero-order valence-corrected chi connectivity index (χ0v) is 14.0. The fraction of sp³-hybridized carbons (Fsp3) is 0.0714. The van der Waals surface area contributed by atoms with Gasteiger partial charge in [0.1, 0.15) is 5.52 Å². The predicted molar refractivity (Wildman–Crippen MR) is 75.4 cm³/mol. The zero-order valence-electron chi connectivity index (χ0n) is 12.0. The standard InChI is InChI=1S/C14H8N4O4.Na/c19-14-11(7-3-1-2-4-9(7)15-14)8-5-6-10(18(20)21)13-12(8)16-22-17-13;/h1-6,11H,(H,15,19);/q;+1. The fourth-order valence-corrected chi connectivity index (χ4v) is 2.77. The van der Waals surface area contributed by atoms with Gasteiger partial charge in [-0.05, 0) is 28.0 Å². The molecule has 1 aliphatic rings. The SMILES string of the molecule is O=C1Nc2ccccc2C1c1ccc([N+](=O)[O-])c2nonc12.[Na+]. The molecule has 3 aromatic rings. The van der Waals surface area contributed by atoms with Crippen LogP contribution in [0, 0.1) is 10.1 Å². The Balaban J connectivity index is 0.00000156. The molecule has 1 amide bonds. The first kappa shape index (κ1) is 15.6. The molecule has 0 radical (unpaired) electrons. The maximum absolute atomic E-state index is 12.3. The first-order valence-corrected chi connectivity index (χ1v) is 6.46. The van der Waals surface area contributed by atoms with Crippen molar-refractivity contribution in [3.8, 4) is 0 Å². The molecule has 8 nitrogen and oxygen atoms in total. The molecule has 0 saturated carbocycles. The molecule has 1 N–H and O–H groups in total. The number of nitro benzene ring substituents is 1. The van der Waals surface area contributed by atoms with Crippen LogP contribution in [-0.4, -0.2) is 21.1 Å². The number of benzene rings is 2. The van der Waals surface area contributed by atoms with Gasteiger partial charge < -0.3 is 5.32 Å². The largest absolute Gasteiger partial charge is 1.00 e. The number of nitro groups is 1. The van der Waals surface area contributed by atoms with Crippen LogP contribution in [0.1, 0.15) is 17.0 Å². The predicted octanol–water partition coefficient (Wildman–Crippen LogP) is -0.781. The third-order valence-electron chi connectivity index (χ3n) is 3.72. The number of fused-ring (bicyclic) bond motifs is 2. The first-order chi connectivity index (χ1) is 10.7. The Morgan fingerprint density at radius 3 is 2.61 bits per heavy atom. The molecule has 0 spiro atoms. The molecule has 0 fully saturated rings. The van der Waals surface area contributed by atoms with Gasteiger partial charge in [0.25, 0.3) is 0 Å². The molecule has 9 heteroatoms. The van der Waals surface area contributed by atoms with E-state index in [1.165, 1.54) is 12.1 Å². The van der Waals surface area contributed by atoms with Crippen molar-refractivity contribution in [3.05, 3.63) is 57.6 Å². The van der Waals surface area contributed by atoms with Crippen LogP contribution in [0.5, 0.6) is 0 Å². The summed E-state index contributed by atoms with van der Waals surface area (Å²) in [7, 11) is 0. The second-order valence-electron chi connectivity index (χ2n) is 4.90. The van der Waals surface area contributed by atoms with Crippen LogP contribution in [0.15, 0.2) is 41.0 Å². The van der Waals surface area contributed by atoms with E-state index in [0.29, 0.717) is 5.56 Å². The van der Waals surface area contributed by atoms with Crippen LogP contribution in [0.2, 0.25) is 0 Å². The van der Waals surface area contributed by atoms with Crippen molar-refractivity contribution >= 4 is 28.3 Å². The Labute approximate surface area is 151 Å². The number of hydrogen-bond acceptors (Lipinski definition) is 6. The summed E-state index contributed by atoms with van der Waals surface area (Å²) in [6, 6.07) is 10.1. The fourth-order valence-electron chi connectivity index (χ4n) is 2.77. The normalized spacial score (nSPS) is 15.8. The topological polar surface area (TPSA) is 111 Å². The van der Waals surface area contributed by atoms with Gasteiger partial charge >= 0.3 is 35.2 Å². The summed E-state index contributed by atoms with van der Waals surface area (Å²) in [5.41, 5.74) is 2.12. The number of carbonyl (C=O) groups excluding carboxylic acids is 1. The average Bonchev–Trinajstić information content (AvgIpc) is 3.09. The van der Waals surface area contributed by atoms with E-state index in [4.69, 9.17) is 0 Å². The van der Waals surface area contributed by atoms with E-state index in [1.54, 1.807) is 6.07 Å². The average molecular weight is 319 g/mol.